The van der Waals surface area contributed by atoms with Gasteiger partial charge in [-0.15, -0.1) is 0 Å². The van der Waals surface area contributed by atoms with Gasteiger partial charge in [-0.25, -0.2) is 9.78 Å². The summed E-state index contributed by atoms with van der Waals surface area (Å²) in [5.74, 6) is 1.01. The first-order valence-electron chi connectivity index (χ1n) is 7.05. The van der Waals surface area contributed by atoms with Crippen LogP contribution in [0.2, 0.25) is 5.02 Å². The molecule has 1 aromatic carbocycles. The third-order valence-electron chi connectivity index (χ3n) is 3.54. The summed E-state index contributed by atoms with van der Waals surface area (Å²) in [6, 6.07) is 11.0. The van der Waals surface area contributed by atoms with Gasteiger partial charge in [0.15, 0.2) is 0 Å². The van der Waals surface area contributed by atoms with Crippen molar-refractivity contribution in [2.24, 2.45) is 0 Å². The van der Waals surface area contributed by atoms with E-state index < -0.39 is 5.97 Å². The molecule has 0 unspecified atom stereocenters. The van der Waals surface area contributed by atoms with E-state index in [0.29, 0.717) is 23.1 Å². The minimum atomic E-state index is -0.495. The van der Waals surface area contributed by atoms with Crippen LogP contribution in [0.1, 0.15) is 21.9 Å². The fraction of sp³-hybridized carbons (Fsp3) is 0.176. The number of hydrogen-bond acceptors (Lipinski definition) is 5. The summed E-state index contributed by atoms with van der Waals surface area (Å²) in [6.07, 6.45) is 0. The zero-order valence-corrected chi connectivity index (χ0v) is 13.5. The number of nitrogens with one attached hydrogen (secondary N) is 1. The third kappa shape index (κ3) is 3.14. The topological polar surface area (TPSA) is 64.4 Å². The normalized spacial score (nSPS) is 10.7. The number of ether oxygens (including phenoxy) is 1. The van der Waals surface area contributed by atoms with Crippen LogP contribution in [0.15, 0.2) is 40.8 Å². The smallest absolute Gasteiger partial charge is 0.373 e. The third-order valence-corrected chi connectivity index (χ3v) is 3.95. The van der Waals surface area contributed by atoms with E-state index in [4.69, 9.17) is 16.0 Å². The Morgan fingerprint density at radius 2 is 2.04 bits per heavy atom. The first-order valence-corrected chi connectivity index (χ1v) is 7.43. The molecule has 0 saturated heterocycles. The second-order valence-corrected chi connectivity index (χ2v) is 5.46. The Hall–Kier alpha value is -2.53. The van der Waals surface area contributed by atoms with Gasteiger partial charge in [0.1, 0.15) is 11.6 Å². The van der Waals surface area contributed by atoms with Gasteiger partial charge in [0.2, 0.25) is 5.76 Å². The number of anilines is 1. The summed E-state index contributed by atoms with van der Waals surface area (Å²) in [4.78, 5) is 15.9. The highest BCUT2D eigenvalue weighted by atomic mass is 35.5. The van der Waals surface area contributed by atoms with Crippen LogP contribution in [0.25, 0.3) is 10.9 Å². The number of carbonyl (C=O) groups excluding carboxylic acids is 1. The molecular formula is C17H15ClN2O3. The van der Waals surface area contributed by atoms with Gasteiger partial charge < -0.3 is 14.5 Å². The number of aromatic nitrogens is 1. The summed E-state index contributed by atoms with van der Waals surface area (Å²) in [6.45, 7) is 2.35. The van der Waals surface area contributed by atoms with Crippen LogP contribution >= 0.6 is 11.6 Å². The fourth-order valence-corrected chi connectivity index (χ4v) is 2.42. The molecule has 6 heteroatoms. The number of benzene rings is 1. The van der Waals surface area contributed by atoms with Crippen LogP contribution in [0, 0.1) is 6.92 Å². The monoisotopic (exact) mass is 330 g/mol. The number of furan rings is 1. The number of aryl methyl sites for hydroxylation is 1. The molecule has 0 aliphatic rings. The highest BCUT2D eigenvalue weighted by Gasteiger charge is 2.11. The van der Waals surface area contributed by atoms with Crippen molar-refractivity contribution in [3.8, 4) is 0 Å². The minimum Gasteiger partial charge on any atom is -0.463 e. The zero-order chi connectivity index (χ0) is 16.4. The van der Waals surface area contributed by atoms with E-state index in [9.17, 15) is 4.79 Å². The lowest BCUT2D eigenvalue weighted by Crippen LogP contribution is -2.01. The van der Waals surface area contributed by atoms with E-state index >= 15 is 0 Å². The number of methoxy groups -OCH3 is 1. The largest absolute Gasteiger partial charge is 0.463 e. The summed E-state index contributed by atoms with van der Waals surface area (Å²) >= 11 is 6.14. The molecule has 0 atom stereocenters. The molecule has 0 bridgehead atoms. The molecule has 0 amide bonds. The number of pyridine rings is 1. The molecule has 3 aromatic rings. The van der Waals surface area contributed by atoms with E-state index in [-0.39, 0.29) is 5.76 Å². The predicted octanol–water partition coefficient (Wildman–Crippen LogP) is 4.19. The van der Waals surface area contributed by atoms with Gasteiger partial charge in [-0.2, -0.15) is 0 Å². The van der Waals surface area contributed by atoms with Crippen molar-refractivity contribution >= 4 is 34.3 Å². The molecule has 3 rings (SSSR count). The maximum atomic E-state index is 11.4. The number of carbonyl (C=O) groups is 1. The molecule has 0 saturated carbocycles. The lowest BCUT2D eigenvalue weighted by Gasteiger charge is -2.08. The van der Waals surface area contributed by atoms with Crippen LogP contribution < -0.4 is 5.32 Å². The van der Waals surface area contributed by atoms with E-state index in [1.165, 1.54) is 7.11 Å². The maximum absolute atomic E-state index is 11.4. The minimum absolute atomic E-state index is 0.179. The van der Waals surface area contributed by atoms with Crippen LogP contribution in [-0.2, 0) is 11.3 Å². The molecule has 0 fully saturated rings. The van der Waals surface area contributed by atoms with E-state index in [1.54, 1.807) is 12.1 Å². The Morgan fingerprint density at radius 3 is 2.83 bits per heavy atom. The van der Waals surface area contributed by atoms with E-state index in [2.05, 4.69) is 15.0 Å². The number of fused-ring (bicyclic) bond motifs is 1. The Balaban J connectivity index is 1.78. The summed E-state index contributed by atoms with van der Waals surface area (Å²) in [7, 11) is 1.31. The molecule has 0 radical (unpaired) electrons. The molecule has 1 N–H and O–H groups in total. The van der Waals surface area contributed by atoms with Crippen molar-refractivity contribution in [2.75, 3.05) is 12.4 Å². The van der Waals surface area contributed by atoms with Crippen molar-refractivity contribution in [3.05, 3.63) is 58.5 Å². The zero-order valence-electron chi connectivity index (χ0n) is 12.7. The molecule has 2 heterocycles. The van der Waals surface area contributed by atoms with Crippen LogP contribution in [-0.4, -0.2) is 18.1 Å². The van der Waals surface area contributed by atoms with Gasteiger partial charge in [0, 0.05) is 10.4 Å². The van der Waals surface area contributed by atoms with E-state index in [1.807, 2.05) is 31.2 Å². The average Bonchev–Trinajstić information content (AvgIpc) is 3.05. The summed E-state index contributed by atoms with van der Waals surface area (Å²) < 4.78 is 10.0. The first kappa shape index (κ1) is 15.4. The van der Waals surface area contributed by atoms with Crippen molar-refractivity contribution < 1.29 is 13.9 Å². The van der Waals surface area contributed by atoms with Gasteiger partial charge in [0.05, 0.1) is 19.2 Å². The number of hydrogen-bond donors (Lipinski definition) is 1. The molecule has 0 spiro atoms. The summed E-state index contributed by atoms with van der Waals surface area (Å²) in [5, 5.41) is 4.89. The quantitative estimate of drug-likeness (QED) is 0.727. The van der Waals surface area contributed by atoms with Crippen LogP contribution in [0.4, 0.5) is 5.82 Å². The van der Waals surface area contributed by atoms with Gasteiger partial charge in [-0.1, -0.05) is 17.7 Å². The Bertz CT molecular complexity index is 873. The average molecular weight is 331 g/mol. The molecular weight excluding hydrogens is 316 g/mol. The van der Waals surface area contributed by atoms with Gasteiger partial charge in [-0.05, 0) is 42.8 Å². The molecule has 0 aliphatic carbocycles. The molecule has 5 nitrogen and oxygen atoms in total. The second kappa shape index (κ2) is 6.30. The van der Waals surface area contributed by atoms with Crippen LogP contribution in [0.5, 0.6) is 0 Å². The maximum Gasteiger partial charge on any atom is 0.373 e. The van der Waals surface area contributed by atoms with Crippen molar-refractivity contribution in [3.63, 3.8) is 0 Å². The summed E-state index contributed by atoms with van der Waals surface area (Å²) in [5.41, 5.74) is 1.80. The fourth-order valence-electron chi connectivity index (χ4n) is 2.27. The van der Waals surface area contributed by atoms with Crippen molar-refractivity contribution in [1.29, 1.82) is 0 Å². The van der Waals surface area contributed by atoms with Gasteiger partial charge in [0.25, 0.3) is 0 Å². The van der Waals surface area contributed by atoms with Crippen molar-refractivity contribution in [2.45, 2.75) is 13.5 Å². The number of nitrogens with zero attached hydrogens (tertiary/aromatic N) is 1. The lowest BCUT2D eigenvalue weighted by molar-refractivity contribution is 0.0563. The van der Waals surface area contributed by atoms with Gasteiger partial charge >= 0.3 is 5.97 Å². The predicted molar refractivity (Wildman–Crippen MR) is 88.9 cm³/mol. The number of esters is 1. The molecule has 118 valence electrons. The molecule has 0 aliphatic heterocycles. The highest BCUT2D eigenvalue weighted by molar-refractivity contribution is 6.32. The first-order chi connectivity index (χ1) is 11.1. The Kier molecular flexibility index (Phi) is 4.21. The number of halogens is 1. The van der Waals surface area contributed by atoms with Crippen molar-refractivity contribution in [1.82, 2.24) is 4.98 Å². The number of rotatable bonds is 4. The van der Waals surface area contributed by atoms with E-state index in [0.717, 1.165) is 16.5 Å². The van der Waals surface area contributed by atoms with Crippen LogP contribution in [0.3, 0.4) is 0 Å². The second-order valence-electron chi connectivity index (χ2n) is 5.05. The molecule has 23 heavy (non-hydrogen) atoms. The van der Waals surface area contributed by atoms with Gasteiger partial charge in [-0.3, -0.25) is 0 Å². The SMILES string of the molecule is COC(=O)c1ccc(CNc2ccc3ccc(Cl)c(C)c3n2)o1. The Morgan fingerprint density at radius 1 is 1.26 bits per heavy atom. The highest BCUT2D eigenvalue weighted by Crippen LogP contribution is 2.25. The lowest BCUT2D eigenvalue weighted by atomic mass is 10.1. The standard InChI is InChI=1S/C17H15ClN2O3/c1-10-13(18)6-3-11-4-8-15(20-16(10)11)19-9-12-5-7-14(23-12)17(21)22-2/h3-8H,9H2,1-2H3,(H,19,20). The molecule has 2 aromatic heterocycles. The Labute approximate surface area is 138 Å².